The largest absolute Gasteiger partial charge is 0.550 e. The zero-order chi connectivity index (χ0) is 20.6. The van der Waals surface area contributed by atoms with Crippen LogP contribution in [0.5, 0.6) is 0 Å². The van der Waals surface area contributed by atoms with Gasteiger partial charge >= 0.3 is 0 Å². The molecule has 0 spiro atoms. The predicted molar refractivity (Wildman–Crippen MR) is 107 cm³/mol. The Morgan fingerprint density at radius 3 is 2.41 bits per heavy atom. The van der Waals surface area contributed by atoms with Gasteiger partial charge in [-0.3, -0.25) is 5.43 Å². The third-order valence-corrected chi connectivity index (χ3v) is 5.66. The lowest BCUT2D eigenvalue weighted by Gasteiger charge is -2.17. The van der Waals surface area contributed by atoms with Gasteiger partial charge in [-0.2, -0.15) is 5.10 Å². The van der Waals surface area contributed by atoms with E-state index in [1.807, 2.05) is 13.8 Å². The monoisotopic (exact) mass is 413 g/mol. The number of aliphatic carboxylic acids is 1. The van der Waals surface area contributed by atoms with Gasteiger partial charge in [-0.25, -0.2) is 12.7 Å². The van der Waals surface area contributed by atoms with Gasteiger partial charge in [0.2, 0.25) is 10.0 Å². The van der Waals surface area contributed by atoms with Gasteiger partial charge in [0.25, 0.3) is 0 Å². The first-order chi connectivity index (χ1) is 12.5. The van der Waals surface area contributed by atoms with E-state index in [1.165, 1.54) is 19.2 Å². The summed E-state index contributed by atoms with van der Waals surface area (Å²) >= 11 is 5.09. The Kier molecular flexibility index (Phi) is 8.80. The first-order valence-electron chi connectivity index (χ1n) is 8.41. The number of sulfonamides is 1. The van der Waals surface area contributed by atoms with E-state index < -0.39 is 16.0 Å². The first-order valence-corrected chi connectivity index (χ1v) is 10.3. The van der Waals surface area contributed by atoms with Gasteiger partial charge in [0.1, 0.15) is 0 Å². The summed E-state index contributed by atoms with van der Waals surface area (Å²) in [5, 5.41) is 18.0. The zero-order valence-corrected chi connectivity index (χ0v) is 17.5. The third kappa shape index (κ3) is 7.61. The average Bonchev–Trinajstić information content (AvgIpc) is 2.58. The minimum Gasteiger partial charge on any atom is -0.550 e. The molecular weight excluding hydrogens is 388 g/mol. The van der Waals surface area contributed by atoms with Gasteiger partial charge in [-0.1, -0.05) is 12.1 Å². The van der Waals surface area contributed by atoms with Crippen molar-refractivity contribution in [3.05, 3.63) is 29.8 Å². The smallest absolute Gasteiger partial charge is 0.242 e. The Hall–Kier alpha value is -2.04. The lowest BCUT2D eigenvalue weighted by atomic mass is 10.1. The van der Waals surface area contributed by atoms with Crippen molar-refractivity contribution in [2.45, 2.75) is 44.6 Å². The molecule has 1 rings (SSSR count). The first kappa shape index (κ1) is 23.0. The highest BCUT2D eigenvalue weighted by Gasteiger charge is 2.20. The summed E-state index contributed by atoms with van der Waals surface area (Å²) in [4.78, 5) is 10.6. The highest BCUT2D eigenvalue weighted by molar-refractivity contribution is 7.89. The fourth-order valence-corrected chi connectivity index (χ4v) is 3.60. The van der Waals surface area contributed by atoms with Crippen LogP contribution in [-0.2, 0) is 14.8 Å². The number of carbonyl (C=O) groups excluding carboxylic acids is 1. The van der Waals surface area contributed by atoms with Gasteiger partial charge in [-0.05, 0) is 63.5 Å². The molecular formula is C17H25N4O4S2-. The van der Waals surface area contributed by atoms with E-state index in [9.17, 15) is 18.3 Å². The molecule has 0 unspecified atom stereocenters. The molecule has 1 aromatic carbocycles. The van der Waals surface area contributed by atoms with Gasteiger partial charge in [-0.15, -0.1) is 0 Å². The summed E-state index contributed by atoms with van der Waals surface area (Å²) in [6, 6.07) is 6.48. The molecule has 0 bridgehead atoms. The third-order valence-electron chi connectivity index (χ3n) is 3.58. The molecule has 0 saturated heterocycles. The molecule has 150 valence electrons. The maximum absolute atomic E-state index is 12.5. The van der Waals surface area contributed by atoms with E-state index in [2.05, 4.69) is 15.8 Å². The Morgan fingerprint density at radius 2 is 1.89 bits per heavy atom. The van der Waals surface area contributed by atoms with Gasteiger partial charge in [0.15, 0.2) is 5.11 Å². The molecule has 0 heterocycles. The van der Waals surface area contributed by atoms with E-state index >= 15 is 0 Å². The second kappa shape index (κ2) is 10.3. The number of rotatable bonds is 9. The summed E-state index contributed by atoms with van der Waals surface area (Å²) in [6.07, 6.45) is 0.00684. The Morgan fingerprint density at radius 1 is 1.30 bits per heavy atom. The normalized spacial score (nSPS) is 12.3. The Labute approximate surface area is 165 Å². The van der Waals surface area contributed by atoms with Crippen LogP contribution in [0.1, 0.15) is 39.2 Å². The SMILES string of the molecule is C/C(=N/NC(=S)NC(C)C)c1ccc(S(=O)(=O)N(C)CCCC(=O)[O-])cc1. The number of thiocarbonyl (C=S) groups is 1. The summed E-state index contributed by atoms with van der Waals surface area (Å²) in [6.45, 7) is 5.79. The van der Waals surface area contributed by atoms with Crippen molar-refractivity contribution in [1.82, 2.24) is 15.0 Å². The van der Waals surface area contributed by atoms with E-state index in [4.69, 9.17) is 12.2 Å². The average molecular weight is 414 g/mol. The molecule has 10 heteroatoms. The fraction of sp³-hybridized carbons (Fsp3) is 0.471. The quantitative estimate of drug-likeness (QED) is 0.343. The van der Waals surface area contributed by atoms with Crippen molar-refractivity contribution in [2.24, 2.45) is 5.10 Å². The lowest BCUT2D eigenvalue weighted by Crippen LogP contribution is -2.37. The highest BCUT2D eigenvalue weighted by Crippen LogP contribution is 2.16. The van der Waals surface area contributed by atoms with Gasteiger partial charge in [0.05, 0.1) is 10.6 Å². The number of nitrogens with zero attached hydrogens (tertiary/aromatic N) is 2. The van der Waals surface area contributed by atoms with Crippen molar-refractivity contribution in [1.29, 1.82) is 0 Å². The standard InChI is InChI=1S/C17H26N4O4S2/c1-12(2)18-17(26)20-19-13(3)14-7-9-15(10-8-14)27(24,25)21(4)11-5-6-16(22)23/h7-10,12H,5-6,11H2,1-4H3,(H,22,23)(H2,18,20,26)/p-1/b19-13-. The van der Waals surface area contributed by atoms with Crippen LogP contribution < -0.4 is 15.8 Å². The minimum absolute atomic E-state index is 0.1000. The number of nitrogens with one attached hydrogen (secondary N) is 2. The second-order valence-electron chi connectivity index (χ2n) is 6.26. The molecule has 0 aromatic heterocycles. The van der Waals surface area contributed by atoms with Crippen LogP contribution in [0.25, 0.3) is 0 Å². The van der Waals surface area contributed by atoms with Gasteiger partial charge < -0.3 is 15.2 Å². The predicted octanol–water partition coefficient (Wildman–Crippen LogP) is 0.434. The number of carboxylic acids is 1. The topological polar surface area (TPSA) is 114 Å². The van der Waals surface area contributed by atoms with Crippen molar-refractivity contribution in [3.63, 3.8) is 0 Å². The van der Waals surface area contributed by atoms with Crippen LogP contribution in [0.2, 0.25) is 0 Å². The Bertz CT molecular complexity index is 790. The summed E-state index contributed by atoms with van der Waals surface area (Å²) < 4.78 is 26.1. The molecule has 27 heavy (non-hydrogen) atoms. The maximum Gasteiger partial charge on any atom is 0.242 e. The summed E-state index contributed by atoms with van der Waals surface area (Å²) in [5.41, 5.74) is 4.13. The molecule has 0 aliphatic rings. The number of hydrazone groups is 1. The number of benzene rings is 1. The van der Waals surface area contributed by atoms with Crippen LogP contribution >= 0.6 is 12.2 Å². The molecule has 0 atom stereocenters. The highest BCUT2D eigenvalue weighted by atomic mass is 32.2. The van der Waals surface area contributed by atoms with Crippen LogP contribution in [0.4, 0.5) is 0 Å². The van der Waals surface area contributed by atoms with Crippen LogP contribution in [0.15, 0.2) is 34.3 Å². The van der Waals surface area contributed by atoms with Crippen LogP contribution in [0, 0.1) is 0 Å². The zero-order valence-electron chi connectivity index (χ0n) is 15.9. The van der Waals surface area contributed by atoms with E-state index in [0.29, 0.717) is 10.8 Å². The number of carboxylic acid groups (broad SMARTS) is 1. The fourth-order valence-electron chi connectivity index (χ4n) is 2.11. The molecule has 2 N–H and O–H groups in total. The Balaban J connectivity index is 2.79. The molecule has 0 radical (unpaired) electrons. The van der Waals surface area contributed by atoms with Crippen molar-refractivity contribution in [2.75, 3.05) is 13.6 Å². The summed E-state index contributed by atoms with van der Waals surface area (Å²) in [5.74, 6) is -1.20. The molecule has 0 aliphatic carbocycles. The minimum atomic E-state index is -3.68. The molecule has 0 saturated carbocycles. The van der Waals surface area contributed by atoms with Crippen LogP contribution in [0.3, 0.4) is 0 Å². The van der Waals surface area contributed by atoms with Crippen molar-refractivity contribution >= 4 is 39.0 Å². The van der Waals surface area contributed by atoms with E-state index in [0.717, 1.165) is 9.87 Å². The van der Waals surface area contributed by atoms with Crippen molar-refractivity contribution in [3.8, 4) is 0 Å². The van der Waals surface area contributed by atoms with Crippen LogP contribution in [-0.4, -0.2) is 49.2 Å². The number of hydrogen-bond acceptors (Lipinski definition) is 6. The number of hydrogen-bond donors (Lipinski definition) is 2. The molecule has 1 aromatic rings. The van der Waals surface area contributed by atoms with Crippen molar-refractivity contribution < 1.29 is 18.3 Å². The lowest BCUT2D eigenvalue weighted by molar-refractivity contribution is -0.305. The van der Waals surface area contributed by atoms with E-state index in [-0.39, 0.29) is 30.3 Å². The van der Waals surface area contributed by atoms with Gasteiger partial charge in [0, 0.05) is 25.6 Å². The maximum atomic E-state index is 12.5. The van der Waals surface area contributed by atoms with E-state index in [1.54, 1.807) is 19.1 Å². The number of carbonyl (C=O) groups is 1. The summed E-state index contributed by atoms with van der Waals surface area (Å²) in [7, 11) is -2.27. The molecule has 8 nitrogen and oxygen atoms in total. The molecule has 0 fully saturated rings. The second-order valence-corrected chi connectivity index (χ2v) is 8.72. The molecule has 0 amide bonds. The molecule has 0 aliphatic heterocycles.